The van der Waals surface area contributed by atoms with E-state index in [1.54, 1.807) is 0 Å². The third-order valence-electron chi connectivity index (χ3n) is 5.88. The van der Waals surface area contributed by atoms with E-state index in [9.17, 15) is 22.9 Å². The number of carboxylic acids is 2. The standard InChI is InChI=1S/C26H41IO6/c1-2-3-4-5-6-7-8-9-10-11-12-13-14-15-16-17-20-33-22-19-18-21(25(28)29)24(27-32)23(22)26(30)31/h18-19H,2-17,20H2,1H3,(H,28,29)(H,30,31). The quantitative estimate of drug-likeness (QED) is 0.113. The molecule has 6 nitrogen and oxygen atoms in total. The van der Waals surface area contributed by atoms with Crippen LogP contribution in [0.25, 0.3) is 0 Å². The highest BCUT2D eigenvalue weighted by Crippen LogP contribution is 2.30. The number of hydrogen-bond donors (Lipinski definition) is 2. The summed E-state index contributed by atoms with van der Waals surface area (Å²) in [5.41, 5.74) is -0.515. The van der Waals surface area contributed by atoms with Crippen molar-refractivity contribution in [1.29, 1.82) is 0 Å². The normalized spacial score (nSPS) is 10.9. The Balaban J connectivity index is 2.11. The number of benzene rings is 1. The van der Waals surface area contributed by atoms with E-state index in [4.69, 9.17) is 4.74 Å². The highest BCUT2D eigenvalue weighted by molar-refractivity contribution is 14.1. The molecule has 0 unspecified atom stereocenters. The second-order valence-corrected chi connectivity index (χ2v) is 10.2. The molecular weight excluding hydrogens is 535 g/mol. The van der Waals surface area contributed by atoms with E-state index in [0.29, 0.717) is 6.61 Å². The molecule has 0 atom stereocenters. The van der Waals surface area contributed by atoms with Crippen LogP contribution in [0, 0.1) is 3.57 Å². The third kappa shape index (κ3) is 12.5. The van der Waals surface area contributed by atoms with E-state index >= 15 is 0 Å². The maximum Gasteiger partial charge on any atom is 0.340 e. The summed E-state index contributed by atoms with van der Waals surface area (Å²) in [7, 11) is 0. The fraction of sp³-hybridized carbons (Fsp3) is 0.692. The molecular formula is C26H41IO6. The lowest BCUT2D eigenvalue weighted by atomic mass is 10.0. The Morgan fingerprint density at radius 2 is 1.18 bits per heavy atom. The van der Waals surface area contributed by atoms with Crippen LogP contribution in [-0.4, -0.2) is 28.8 Å². The van der Waals surface area contributed by atoms with E-state index < -0.39 is 33.1 Å². The topological polar surface area (TPSA) is 101 Å². The average molecular weight is 577 g/mol. The largest absolute Gasteiger partial charge is 0.493 e. The van der Waals surface area contributed by atoms with Crippen LogP contribution in [0.15, 0.2) is 12.1 Å². The minimum atomic E-state index is -1.95. The van der Waals surface area contributed by atoms with Gasteiger partial charge in [-0.25, -0.2) is 9.59 Å². The van der Waals surface area contributed by atoms with Crippen molar-refractivity contribution in [2.75, 3.05) is 6.61 Å². The fourth-order valence-corrected chi connectivity index (χ4v) is 5.32. The van der Waals surface area contributed by atoms with E-state index in [1.165, 1.54) is 95.6 Å². The fourth-order valence-electron chi connectivity index (χ4n) is 3.96. The van der Waals surface area contributed by atoms with Gasteiger partial charge in [0.1, 0.15) is 11.3 Å². The van der Waals surface area contributed by atoms with Crippen LogP contribution >= 0.6 is 21.2 Å². The summed E-state index contributed by atoms with van der Waals surface area (Å²) >= 11 is -1.95. The van der Waals surface area contributed by atoms with Crippen molar-refractivity contribution in [3.05, 3.63) is 26.8 Å². The van der Waals surface area contributed by atoms with Gasteiger partial charge in [0, 0.05) is 0 Å². The van der Waals surface area contributed by atoms with E-state index in [2.05, 4.69) is 6.92 Å². The Hall–Kier alpha value is -1.51. The van der Waals surface area contributed by atoms with Gasteiger partial charge in [0.05, 0.1) is 15.7 Å². The molecule has 0 aliphatic carbocycles. The zero-order chi connectivity index (χ0) is 24.3. The molecule has 7 heteroatoms. The summed E-state index contributed by atoms with van der Waals surface area (Å²) in [6.45, 7) is 2.62. The summed E-state index contributed by atoms with van der Waals surface area (Å²) < 4.78 is 17.0. The third-order valence-corrected chi connectivity index (χ3v) is 7.44. The Bertz CT molecular complexity index is 719. The molecule has 0 bridgehead atoms. The van der Waals surface area contributed by atoms with Gasteiger partial charge in [0.15, 0.2) is 21.2 Å². The number of unbranched alkanes of at least 4 members (excludes halogenated alkanes) is 15. The number of aromatic carboxylic acids is 2. The zero-order valence-electron chi connectivity index (χ0n) is 20.1. The van der Waals surface area contributed by atoms with Gasteiger partial charge in [0.25, 0.3) is 0 Å². The number of carbonyl (C=O) groups is 2. The van der Waals surface area contributed by atoms with E-state index in [1.807, 2.05) is 0 Å². The number of hydrogen-bond acceptors (Lipinski definition) is 4. The second kappa shape index (κ2) is 18.9. The summed E-state index contributed by atoms with van der Waals surface area (Å²) in [4.78, 5) is 22.8. The molecule has 0 saturated carbocycles. The molecule has 2 N–H and O–H groups in total. The lowest BCUT2D eigenvalue weighted by Crippen LogP contribution is -2.11. The minimum Gasteiger partial charge on any atom is -0.493 e. The Morgan fingerprint density at radius 1 is 0.727 bits per heavy atom. The SMILES string of the molecule is CCCCCCCCCCCCCCCCCCOc1ccc(C(=O)O)c(I=O)c1C(=O)O. The second-order valence-electron chi connectivity index (χ2n) is 8.64. The molecule has 188 valence electrons. The smallest absolute Gasteiger partial charge is 0.340 e. The first kappa shape index (κ1) is 29.5. The number of carboxylic acid groups (broad SMARTS) is 2. The first-order valence-electron chi connectivity index (χ1n) is 12.6. The van der Waals surface area contributed by atoms with Gasteiger partial charge in [-0.2, -0.15) is 0 Å². The molecule has 1 aromatic carbocycles. The van der Waals surface area contributed by atoms with Gasteiger partial charge < -0.3 is 14.9 Å². The highest BCUT2D eigenvalue weighted by Gasteiger charge is 2.23. The molecule has 0 aliphatic heterocycles. The van der Waals surface area contributed by atoms with Crippen molar-refractivity contribution in [2.24, 2.45) is 0 Å². The molecule has 0 radical (unpaired) electrons. The summed E-state index contributed by atoms with van der Waals surface area (Å²) in [5.74, 6) is -2.50. The average Bonchev–Trinajstić information content (AvgIpc) is 2.80. The van der Waals surface area contributed by atoms with Crippen LogP contribution in [0.1, 0.15) is 130 Å². The summed E-state index contributed by atoms with van der Waals surface area (Å²) in [6, 6.07) is 2.62. The predicted octanol–water partition coefficient (Wildman–Crippen LogP) is 8.21. The zero-order valence-corrected chi connectivity index (χ0v) is 22.2. The first-order chi connectivity index (χ1) is 16.0. The Morgan fingerprint density at radius 3 is 1.58 bits per heavy atom. The Labute approximate surface area is 209 Å². The molecule has 1 rings (SSSR count). The van der Waals surface area contributed by atoms with Gasteiger partial charge in [-0.1, -0.05) is 103 Å². The first-order valence-corrected chi connectivity index (χ1v) is 14.5. The molecule has 0 aromatic heterocycles. The summed E-state index contributed by atoms with van der Waals surface area (Å²) in [5, 5.41) is 18.6. The van der Waals surface area contributed by atoms with Gasteiger partial charge in [-0.05, 0) is 18.6 Å². The predicted molar refractivity (Wildman–Crippen MR) is 139 cm³/mol. The maximum absolute atomic E-state index is 11.6. The Kier molecular flexibility index (Phi) is 16.9. The van der Waals surface area contributed by atoms with Crippen LogP contribution in [-0.2, 0) is 3.07 Å². The van der Waals surface area contributed by atoms with Crippen molar-refractivity contribution in [1.82, 2.24) is 0 Å². The molecule has 0 aliphatic rings. The molecule has 33 heavy (non-hydrogen) atoms. The molecule has 0 fully saturated rings. The molecule has 0 amide bonds. The lowest BCUT2D eigenvalue weighted by Gasteiger charge is -2.12. The number of ether oxygens (including phenoxy) is 1. The summed E-state index contributed by atoms with van der Waals surface area (Å²) in [6.07, 6.45) is 20.4. The molecule has 0 heterocycles. The molecule has 1 aromatic rings. The number of halogens is 1. The number of rotatable bonds is 21. The van der Waals surface area contributed by atoms with Gasteiger partial charge >= 0.3 is 11.9 Å². The van der Waals surface area contributed by atoms with Crippen molar-refractivity contribution in [3.63, 3.8) is 0 Å². The van der Waals surface area contributed by atoms with Crippen molar-refractivity contribution in [2.45, 2.75) is 110 Å². The van der Waals surface area contributed by atoms with Crippen LogP contribution in [0.2, 0.25) is 0 Å². The van der Waals surface area contributed by atoms with Gasteiger partial charge in [-0.3, -0.25) is 3.07 Å². The van der Waals surface area contributed by atoms with Crippen LogP contribution < -0.4 is 4.74 Å². The minimum absolute atomic E-state index is 0.0963. The van der Waals surface area contributed by atoms with Gasteiger partial charge in [-0.15, -0.1) is 0 Å². The van der Waals surface area contributed by atoms with Crippen LogP contribution in [0.5, 0.6) is 5.75 Å². The van der Waals surface area contributed by atoms with Crippen molar-refractivity contribution >= 4 is 33.1 Å². The van der Waals surface area contributed by atoms with Crippen LogP contribution in [0.3, 0.4) is 0 Å². The van der Waals surface area contributed by atoms with Crippen molar-refractivity contribution < 1.29 is 27.6 Å². The molecule has 0 spiro atoms. The van der Waals surface area contributed by atoms with Crippen molar-refractivity contribution in [3.8, 4) is 5.75 Å². The monoisotopic (exact) mass is 576 g/mol. The molecule has 0 saturated heterocycles. The van der Waals surface area contributed by atoms with E-state index in [0.717, 1.165) is 19.3 Å². The van der Waals surface area contributed by atoms with E-state index in [-0.39, 0.29) is 20.4 Å². The van der Waals surface area contributed by atoms with Gasteiger partial charge in [0.2, 0.25) is 0 Å². The highest BCUT2D eigenvalue weighted by atomic mass is 127. The lowest BCUT2D eigenvalue weighted by molar-refractivity contribution is 0.0690. The van der Waals surface area contributed by atoms with Crippen LogP contribution in [0.4, 0.5) is 0 Å². The maximum atomic E-state index is 11.6.